The second-order valence-corrected chi connectivity index (χ2v) is 8.95. The van der Waals surface area contributed by atoms with Crippen LogP contribution in [0.3, 0.4) is 0 Å². The SMILES string of the molecule is NC(=O)c1ccc(S(=O)(=O)NC(C=O)CC(=O)O)c(OCCc2ccc3ccccc3c2)c1. The van der Waals surface area contributed by atoms with E-state index in [4.69, 9.17) is 15.6 Å². The van der Waals surface area contributed by atoms with Crippen molar-refractivity contribution >= 4 is 39.0 Å². The molecule has 0 aliphatic rings. The summed E-state index contributed by atoms with van der Waals surface area (Å²) in [6, 6.07) is 15.8. The molecule has 10 heteroatoms. The van der Waals surface area contributed by atoms with Crippen molar-refractivity contribution in [2.45, 2.75) is 23.8 Å². The highest BCUT2D eigenvalue weighted by Crippen LogP contribution is 2.26. The standard InChI is InChI=1S/C23H22N2O7S/c24-23(29)18-7-8-21(33(30,31)25-19(14-26)13-22(27)28)20(12-18)32-10-9-15-5-6-16-3-1-2-4-17(16)11-15/h1-8,11-12,14,19,25H,9-10,13H2,(H2,24,29)(H,27,28). The fraction of sp³-hybridized carbons (Fsp3) is 0.174. The molecule has 0 radical (unpaired) electrons. The van der Waals surface area contributed by atoms with Crippen LogP contribution in [0.15, 0.2) is 65.6 Å². The van der Waals surface area contributed by atoms with Gasteiger partial charge in [0.1, 0.15) is 16.9 Å². The van der Waals surface area contributed by atoms with Crippen LogP contribution in [-0.4, -0.2) is 44.3 Å². The monoisotopic (exact) mass is 470 g/mol. The smallest absolute Gasteiger partial charge is 0.305 e. The first-order valence-corrected chi connectivity index (χ1v) is 11.4. The number of rotatable bonds is 11. The Bertz CT molecular complexity index is 1310. The van der Waals surface area contributed by atoms with Crippen LogP contribution in [0, 0.1) is 0 Å². The Hall–Kier alpha value is -3.76. The molecule has 1 amide bonds. The maximum atomic E-state index is 12.8. The number of fused-ring (bicyclic) bond motifs is 1. The topological polar surface area (TPSA) is 153 Å². The fourth-order valence-corrected chi connectivity index (χ4v) is 4.53. The molecule has 3 aromatic rings. The van der Waals surface area contributed by atoms with E-state index in [1.807, 2.05) is 47.2 Å². The molecule has 0 heterocycles. The third-order valence-electron chi connectivity index (χ3n) is 4.85. The molecule has 33 heavy (non-hydrogen) atoms. The first-order valence-electron chi connectivity index (χ1n) is 9.93. The summed E-state index contributed by atoms with van der Waals surface area (Å²) in [5.41, 5.74) is 6.30. The molecule has 0 spiro atoms. The highest BCUT2D eigenvalue weighted by atomic mass is 32.2. The Balaban J connectivity index is 1.82. The van der Waals surface area contributed by atoms with Gasteiger partial charge in [0.15, 0.2) is 0 Å². The lowest BCUT2D eigenvalue weighted by atomic mass is 10.1. The average Bonchev–Trinajstić information content (AvgIpc) is 2.77. The van der Waals surface area contributed by atoms with Crippen LogP contribution >= 0.6 is 0 Å². The van der Waals surface area contributed by atoms with E-state index in [-0.39, 0.29) is 29.1 Å². The zero-order chi connectivity index (χ0) is 24.0. The van der Waals surface area contributed by atoms with Crippen LogP contribution in [0.4, 0.5) is 0 Å². The van der Waals surface area contributed by atoms with Gasteiger partial charge in [-0.2, -0.15) is 0 Å². The average molecular weight is 471 g/mol. The molecule has 3 rings (SSSR count). The second kappa shape index (κ2) is 10.2. The molecule has 4 N–H and O–H groups in total. The number of primary amides is 1. The highest BCUT2D eigenvalue weighted by molar-refractivity contribution is 7.89. The van der Waals surface area contributed by atoms with Crippen molar-refractivity contribution in [1.29, 1.82) is 0 Å². The van der Waals surface area contributed by atoms with Crippen molar-refractivity contribution in [3.8, 4) is 5.75 Å². The Morgan fingerprint density at radius 2 is 1.79 bits per heavy atom. The van der Waals surface area contributed by atoms with Crippen molar-refractivity contribution in [3.63, 3.8) is 0 Å². The molecule has 0 aromatic heterocycles. The number of carbonyl (C=O) groups excluding carboxylic acids is 2. The third kappa shape index (κ3) is 6.15. The van der Waals surface area contributed by atoms with E-state index in [1.165, 1.54) is 12.1 Å². The van der Waals surface area contributed by atoms with Gasteiger partial charge in [-0.15, -0.1) is 0 Å². The van der Waals surface area contributed by atoms with Gasteiger partial charge < -0.3 is 20.4 Å². The maximum Gasteiger partial charge on any atom is 0.305 e. The number of aliphatic carboxylic acids is 1. The van der Waals surface area contributed by atoms with E-state index in [9.17, 15) is 22.8 Å². The number of aldehydes is 1. The zero-order valence-electron chi connectivity index (χ0n) is 17.4. The number of carboxylic acids is 1. The maximum absolute atomic E-state index is 12.8. The molecule has 0 fully saturated rings. The number of hydrogen-bond donors (Lipinski definition) is 3. The lowest BCUT2D eigenvalue weighted by molar-refractivity contribution is -0.138. The summed E-state index contributed by atoms with van der Waals surface area (Å²) < 4.78 is 33.3. The van der Waals surface area contributed by atoms with Crippen molar-refractivity contribution in [2.75, 3.05) is 6.61 Å². The van der Waals surface area contributed by atoms with Gasteiger partial charge in [0.2, 0.25) is 15.9 Å². The minimum atomic E-state index is -4.34. The number of sulfonamides is 1. The lowest BCUT2D eigenvalue weighted by Gasteiger charge is -2.16. The van der Waals surface area contributed by atoms with E-state index in [2.05, 4.69) is 0 Å². The molecule has 0 bridgehead atoms. The summed E-state index contributed by atoms with van der Waals surface area (Å²) in [5.74, 6) is -2.26. The molecule has 0 saturated carbocycles. The van der Waals surface area contributed by atoms with E-state index in [0.717, 1.165) is 22.4 Å². The van der Waals surface area contributed by atoms with Gasteiger partial charge >= 0.3 is 5.97 Å². The summed E-state index contributed by atoms with van der Waals surface area (Å²) in [4.78, 5) is 33.2. The van der Waals surface area contributed by atoms with Gasteiger partial charge in [-0.25, -0.2) is 13.1 Å². The van der Waals surface area contributed by atoms with Crippen LogP contribution in [0.25, 0.3) is 10.8 Å². The van der Waals surface area contributed by atoms with Crippen molar-refractivity contribution < 1.29 is 32.6 Å². The molecular formula is C23H22N2O7S. The number of carboxylic acid groups (broad SMARTS) is 1. The second-order valence-electron chi connectivity index (χ2n) is 7.27. The van der Waals surface area contributed by atoms with Gasteiger partial charge in [-0.1, -0.05) is 42.5 Å². The first kappa shape index (κ1) is 23.9. The summed E-state index contributed by atoms with van der Waals surface area (Å²) in [5, 5.41) is 11.0. The Labute approximate surface area is 190 Å². The minimum Gasteiger partial charge on any atom is -0.492 e. The molecule has 1 atom stereocenters. The predicted molar refractivity (Wildman–Crippen MR) is 121 cm³/mol. The van der Waals surface area contributed by atoms with Gasteiger partial charge in [-0.3, -0.25) is 9.59 Å². The Kier molecular flexibility index (Phi) is 7.41. The lowest BCUT2D eigenvalue weighted by Crippen LogP contribution is -2.37. The normalized spacial score (nSPS) is 12.2. The number of amides is 1. The van der Waals surface area contributed by atoms with Crippen molar-refractivity contribution in [2.24, 2.45) is 5.73 Å². The molecule has 1 unspecified atom stereocenters. The number of hydrogen-bond acceptors (Lipinski definition) is 6. The van der Waals surface area contributed by atoms with Crippen LogP contribution < -0.4 is 15.2 Å². The van der Waals surface area contributed by atoms with Gasteiger partial charge in [0, 0.05) is 12.0 Å². The number of nitrogens with two attached hydrogens (primary N) is 1. The minimum absolute atomic E-state index is 0.0344. The Morgan fingerprint density at radius 3 is 2.45 bits per heavy atom. The van der Waals surface area contributed by atoms with Crippen LogP contribution in [-0.2, 0) is 26.0 Å². The molecular weight excluding hydrogens is 448 g/mol. The number of nitrogens with one attached hydrogen (secondary N) is 1. The Morgan fingerprint density at radius 1 is 1.06 bits per heavy atom. The highest BCUT2D eigenvalue weighted by Gasteiger charge is 2.26. The van der Waals surface area contributed by atoms with Crippen LogP contribution in [0.5, 0.6) is 5.75 Å². The molecule has 172 valence electrons. The van der Waals surface area contributed by atoms with Gasteiger partial charge in [0.05, 0.1) is 19.1 Å². The molecule has 3 aromatic carbocycles. The quantitative estimate of drug-likeness (QED) is 0.362. The first-order chi connectivity index (χ1) is 15.7. The van der Waals surface area contributed by atoms with E-state index < -0.39 is 34.4 Å². The van der Waals surface area contributed by atoms with E-state index in [1.54, 1.807) is 0 Å². The zero-order valence-corrected chi connectivity index (χ0v) is 18.2. The summed E-state index contributed by atoms with van der Waals surface area (Å²) >= 11 is 0. The third-order valence-corrected chi connectivity index (χ3v) is 6.37. The summed E-state index contributed by atoms with van der Waals surface area (Å²) in [6.45, 7) is 0.0926. The largest absolute Gasteiger partial charge is 0.492 e. The van der Waals surface area contributed by atoms with E-state index >= 15 is 0 Å². The van der Waals surface area contributed by atoms with Crippen molar-refractivity contribution in [3.05, 3.63) is 71.8 Å². The summed E-state index contributed by atoms with van der Waals surface area (Å²) in [7, 11) is -4.34. The number of benzene rings is 3. The van der Waals surface area contributed by atoms with Crippen molar-refractivity contribution in [1.82, 2.24) is 4.72 Å². The predicted octanol–water partition coefficient (Wildman–Crippen LogP) is 1.88. The van der Waals surface area contributed by atoms with Gasteiger partial charge in [-0.05, 0) is 34.5 Å². The number of carbonyl (C=O) groups is 3. The van der Waals surface area contributed by atoms with Crippen LogP contribution in [0.1, 0.15) is 22.3 Å². The molecule has 0 saturated heterocycles. The van der Waals surface area contributed by atoms with Crippen LogP contribution in [0.2, 0.25) is 0 Å². The van der Waals surface area contributed by atoms with E-state index in [0.29, 0.717) is 6.42 Å². The fourth-order valence-electron chi connectivity index (χ4n) is 3.24. The summed E-state index contributed by atoms with van der Waals surface area (Å²) in [6.07, 6.45) is -0.0709. The molecule has 9 nitrogen and oxygen atoms in total. The van der Waals surface area contributed by atoms with Gasteiger partial charge in [0.25, 0.3) is 0 Å². The molecule has 0 aliphatic heterocycles. The molecule has 0 aliphatic carbocycles. The number of ether oxygens (including phenoxy) is 1.